The molecule has 30 heavy (non-hydrogen) atoms. The number of hydrogen-bond acceptors (Lipinski definition) is 5. The molecule has 1 aromatic heterocycles. The lowest BCUT2D eigenvalue weighted by Crippen LogP contribution is -2.13. The Bertz CT molecular complexity index is 1290. The molecule has 0 saturated carbocycles. The van der Waals surface area contributed by atoms with E-state index in [0.717, 1.165) is 0 Å². The van der Waals surface area contributed by atoms with Gasteiger partial charge in [-0.1, -0.05) is 35.9 Å². The number of para-hydroxylation sites is 1. The van der Waals surface area contributed by atoms with E-state index in [1.165, 1.54) is 16.8 Å². The minimum atomic E-state index is -0.485. The number of aromatic nitrogens is 2. The second-order valence-corrected chi connectivity index (χ2v) is 6.73. The van der Waals surface area contributed by atoms with Gasteiger partial charge in [0.2, 0.25) is 0 Å². The average Bonchev–Trinajstić information content (AvgIpc) is 3.09. The second kappa shape index (κ2) is 8.14. The lowest BCUT2D eigenvalue weighted by Gasteiger charge is -2.01. The standard InChI is InChI=1S/C21H14ClN5O3/c22-15-5-4-6-16(13-15)23-24-20-19(14-9-11-18(12-10-14)27(29)30)25-26(21(20)28)17-7-2-1-3-8-17/h1-13,25H. The highest BCUT2D eigenvalue weighted by Gasteiger charge is 2.18. The molecule has 4 rings (SSSR count). The third-order valence-electron chi connectivity index (χ3n) is 4.32. The predicted molar refractivity (Wildman–Crippen MR) is 114 cm³/mol. The van der Waals surface area contributed by atoms with Crippen LogP contribution in [0.5, 0.6) is 0 Å². The predicted octanol–water partition coefficient (Wildman–Crippen LogP) is 5.81. The molecule has 1 N–H and O–H groups in total. The van der Waals surface area contributed by atoms with E-state index in [1.54, 1.807) is 60.7 Å². The molecule has 0 aliphatic heterocycles. The van der Waals surface area contributed by atoms with E-state index >= 15 is 0 Å². The Labute approximate surface area is 175 Å². The van der Waals surface area contributed by atoms with Crippen LogP contribution in [0, 0.1) is 10.1 Å². The molecule has 0 saturated heterocycles. The summed E-state index contributed by atoms with van der Waals surface area (Å²) in [7, 11) is 0. The molecule has 0 bridgehead atoms. The Morgan fingerprint density at radius 3 is 2.33 bits per heavy atom. The van der Waals surface area contributed by atoms with Gasteiger partial charge in [-0.3, -0.25) is 20.0 Å². The van der Waals surface area contributed by atoms with Gasteiger partial charge in [-0.25, -0.2) is 4.68 Å². The number of benzene rings is 3. The van der Waals surface area contributed by atoms with Gasteiger partial charge in [0.15, 0.2) is 5.69 Å². The molecule has 3 aromatic carbocycles. The lowest BCUT2D eigenvalue weighted by atomic mass is 10.1. The molecule has 148 valence electrons. The smallest absolute Gasteiger partial charge is 0.288 e. The van der Waals surface area contributed by atoms with Gasteiger partial charge in [0.25, 0.3) is 11.2 Å². The number of non-ortho nitro benzene ring substituents is 1. The fraction of sp³-hybridized carbons (Fsp3) is 0. The van der Waals surface area contributed by atoms with Gasteiger partial charge in [-0.2, -0.15) is 5.11 Å². The normalized spacial score (nSPS) is 11.1. The zero-order valence-corrected chi connectivity index (χ0v) is 16.2. The molecule has 0 radical (unpaired) electrons. The van der Waals surface area contributed by atoms with E-state index < -0.39 is 10.5 Å². The van der Waals surface area contributed by atoms with Crippen molar-refractivity contribution in [3.05, 3.63) is 104 Å². The molecule has 8 nitrogen and oxygen atoms in total. The fourth-order valence-corrected chi connectivity index (χ4v) is 3.06. The fourth-order valence-electron chi connectivity index (χ4n) is 2.88. The van der Waals surface area contributed by atoms with Gasteiger partial charge in [-0.15, -0.1) is 5.11 Å². The SMILES string of the molecule is O=c1c(N=Nc2cccc(Cl)c2)c(-c2ccc([N+](=O)[O-])cc2)[nH]n1-c1ccccc1. The molecule has 4 aromatic rings. The summed E-state index contributed by atoms with van der Waals surface area (Å²) in [5.41, 5.74) is 1.69. The summed E-state index contributed by atoms with van der Waals surface area (Å²) in [6, 6.07) is 21.6. The van der Waals surface area contributed by atoms with Crippen LogP contribution in [0.3, 0.4) is 0 Å². The third kappa shape index (κ3) is 3.89. The molecule has 1 heterocycles. The van der Waals surface area contributed by atoms with Crippen molar-refractivity contribution >= 4 is 28.7 Å². The zero-order valence-electron chi connectivity index (χ0n) is 15.4. The minimum Gasteiger partial charge on any atom is -0.288 e. The summed E-state index contributed by atoms with van der Waals surface area (Å²) in [5.74, 6) is 0. The molecule has 0 unspecified atom stereocenters. The highest BCUT2D eigenvalue weighted by Crippen LogP contribution is 2.30. The maximum Gasteiger partial charge on any atom is 0.299 e. The molecule has 0 aliphatic rings. The first-order chi connectivity index (χ1) is 14.5. The number of H-pyrrole nitrogens is 1. The van der Waals surface area contributed by atoms with Gasteiger partial charge < -0.3 is 0 Å². The Morgan fingerprint density at radius 2 is 1.67 bits per heavy atom. The number of nitrogens with zero attached hydrogens (tertiary/aromatic N) is 4. The number of rotatable bonds is 5. The molecule has 0 aliphatic carbocycles. The van der Waals surface area contributed by atoms with Crippen molar-refractivity contribution in [2.75, 3.05) is 0 Å². The molecule has 0 fully saturated rings. The highest BCUT2D eigenvalue weighted by atomic mass is 35.5. The number of azo groups is 1. The van der Waals surface area contributed by atoms with Crippen LogP contribution in [0.15, 0.2) is 93.9 Å². The molecule has 0 atom stereocenters. The van der Waals surface area contributed by atoms with Gasteiger partial charge in [0.05, 0.1) is 22.0 Å². The van der Waals surface area contributed by atoms with Crippen LogP contribution in [0.1, 0.15) is 0 Å². The van der Waals surface area contributed by atoms with Crippen molar-refractivity contribution in [1.29, 1.82) is 0 Å². The molecular formula is C21H14ClN5O3. The number of hydrogen-bond donors (Lipinski definition) is 1. The van der Waals surface area contributed by atoms with Crippen LogP contribution in [0.4, 0.5) is 17.1 Å². The number of nitro groups is 1. The third-order valence-corrected chi connectivity index (χ3v) is 4.56. The van der Waals surface area contributed by atoms with E-state index in [4.69, 9.17) is 11.6 Å². The zero-order chi connectivity index (χ0) is 21.1. The van der Waals surface area contributed by atoms with Gasteiger partial charge in [0, 0.05) is 22.7 Å². The monoisotopic (exact) mass is 419 g/mol. The lowest BCUT2D eigenvalue weighted by molar-refractivity contribution is -0.384. The largest absolute Gasteiger partial charge is 0.299 e. The number of nitro benzene ring substituents is 1. The molecule has 9 heteroatoms. The van der Waals surface area contributed by atoms with Crippen molar-refractivity contribution < 1.29 is 4.92 Å². The first kappa shape index (κ1) is 19.3. The van der Waals surface area contributed by atoms with Crippen LogP contribution in [-0.4, -0.2) is 14.7 Å². The van der Waals surface area contributed by atoms with E-state index in [0.29, 0.717) is 27.7 Å². The second-order valence-electron chi connectivity index (χ2n) is 6.30. The summed E-state index contributed by atoms with van der Waals surface area (Å²) in [5, 5.41) is 22.8. The van der Waals surface area contributed by atoms with Crippen LogP contribution < -0.4 is 5.56 Å². The molecular weight excluding hydrogens is 406 g/mol. The number of halogens is 1. The summed E-state index contributed by atoms with van der Waals surface area (Å²) in [6.07, 6.45) is 0. The molecule has 0 amide bonds. The summed E-state index contributed by atoms with van der Waals surface area (Å²) >= 11 is 5.98. The minimum absolute atomic E-state index is 0.0503. The summed E-state index contributed by atoms with van der Waals surface area (Å²) in [6.45, 7) is 0. The average molecular weight is 420 g/mol. The summed E-state index contributed by atoms with van der Waals surface area (Å²) < 4.78 is 1.35. The van der Waals surface area contributed by atoms with Crippen LogP contribution >= 0.6 is 11.6 Å². The molecule has 0 spiro atoms. The van der Waals surface area contributed by atoms with E-state index in [1.807, 2.05) is 6.07 Å². The highest BCUT2D eigenvalue weighted by molar-refractivity contribution is 6.30. The Hall–Kier alpha value is -4.04. The number of aromatic amines is 1. The quantitative estimate of drug-likeness (QED) is 0.250. The maximum atomic E-state index is 13.1. The van der Waals surface area contributed by atoms with Crippen molar-refractivity contribution in [1.82, 2.24) is 9.78 Å². The maximum absolute atomic E-state index is 13.1. The van der Waals surface area contributed by atoms with Gasteiger partial charge >= 0.3 is 0 Å². The first-order valence-corrected chi connectivity index (χ1v) is 9.23. The van der Waals surface area contributed by atoms with E-state index in [9.17, 15) is 14.9 Å². The summed E-state index contributed by atoms with van der Waals surface area (Å²) in [4.78, 5) is 23.5. The van der Waals surface area contributed by atoms with Gasteiger partial charge in [-0.05, 0) is 42.5 Å². The Morgan fingerprint density at radius 1 is 0.933 bits per heavy atom. The Kier molecular flexibility index (Phi) is 5.23. The number of nitrogens with one attached hydrogen (secondary N) is 1. The van der Waals surface area contributed by atoms with Crippen LogP contribution in [0.2, 0.25) is 5.02 Å². The van der Waals surface area contributed by atoms with E-state index in [2.05, 4.69) is 15.3 Å². The van der Waals surface area contributed by atoms with Crippen LogP contribution in [-0.2, 0) is 0 Å². The van der Waals surface area contributed by atoms with Crippen molar-refractivity contribution in [2.24, 2.45) is 10.2 Å². The topological polar surface area (TPSA) is 106 Å². The Balaban J connectivity index is 1.85. The van der Waals surface area contributed by atoms with Crippen LogP contribution in [0.25, 0.3) is 16.9 Å². The van der Waals surface area contributed by atoms with Crippen molar-refractivity contribution in [2.45, 2.75) is 0 Å². The van der Waals surface area contributed by atoms with Gasteiger partial charge in [0.1, 0.15) is 0 Å². The van der Waals surface area contributed by atoms with Crippen molar-refractivity contribution in [3.63, 3.8) is 0 Å². The van der Waals surface area contributed by atoms with Crippen molar-refractivity contribution in [3.8, 4) is 16.9 Å². The first-order valence-electron chi connectivity index (χ1n) is 8.85. The van der Waals surface area contributed by atoms with E-state index in [-0.39, 0.29) is 11.4 Å².